The van der Waals surface area contributed by atoms with Crippen molar-refractivity contribution >= 4 is 256 Å². The molecule has 0 saturated carbocycles. The largest absolute Gasteiger partial charge is 0.242 e. The summed E-state index contributed by atoms with van der Waals surface area (Å²) in [5.74, 6) is 1.91. The maximum Gasteiger partial charge on any atom is 0.179 e. The third-order valence-electron chi connectivity index (χ3n) is 27.2. The summed E-state index contributed by atoms with van der Waals surface area (Å²) in [5.41, 5.74) is 17.6. The normalized spacial score (nSPS) is 12.0. The molecule has 636 valence electrons. The SMILES string of the molecule is Cc1ccc(-c2nc(-c3nc4c5sc6ccccc6c5c5ccccc5c4c4ccccc34)nc3ccccc23)cc1.c1ccc(-c2cccc(-c3nc(-c4nc5c6sc7ccccc7c6c6ccccc6c5c5ccccc45)nc4ccccc34)c2)cc1.c1ccc2c(-c3ccc4sc5ccccc5c4c3)nc(-c3nc4c5sc6ccccc6c5c5ccccc5c4c4ccccc34)nc2c1. The molecule has 0 aliphatic rings. The smallest absolute Gasteiger partial charge is 0.179 e. The molecule has 9 nitrogen and oxygen atoms in total. The van der Waals surface area contributed by atoms with Crippen LogP contribution in [0.15, 0.2) is 413 Å². The number of rotatable bonds is 7. The average molecular weight is 1820 g/mol. The highest BCUT2D eigenvalue weighted by molar-refractivity contribution is 7.28. The lowest BCUT2D eigenvalue weighted by Crippen LogP contribution is -1.99. The van der Waals surface area contributed by atoms with Gasteiger partial charge in [0, 0.05) is 132 Å². The van der Waals surface area contributed by atoms with E-state index >= 15 is 0 Å². The zero-order valence-electron chi connectivity index (χ0n) is 73.4. The summed E-state index contributed by atoms with van der Waals surface area (Å²) in [6, 6.07) is 146. The van der Waals surface area contributed by atoms with Gasteiger partial charge in [-0.25, -0.2) is 44.9 Å². The Morgan fingerprint density at radius 3 is 0.810 bits per heavy atom. The van der Waals surface area contributed by atoms with E-state index in [2.05, 4.69) is 401 Å². The quantitative estimate of drug-likeness (QED) is 0.144. The molecule has 0 saturated heterocycles. The lowest BCUT2D eigenvalue weighted by molar-refractivity contribution is 1.20. The van der Waals surface area contributed by atoms with E-state index < -0.39 is 0 Å². The highest BCUT2D eigenvalue weighted by Gasteiger charge is 2.28. The molecule has 0 amide bonds. The second-order valence-corrected chi connectivity index (χ2v) is 39.3. The first-order valence-corrected chi connectivity index (χ1v) is 49.2. The van der Waals surface area contributed by atoms with Gasteiger partial charge in [-0.2, -0.15) is 0 Å². The number of hydrogen-bond acceptors (Lipinski definition) is 13. The van der Waals surface area contributed by atoms with Crippen molar-refractivity contribution in [2.45, 2.75) is 6.92 Å². The molecule has 10 aromatic heterocycles. The fraction of sp³-hybridized carbons (Fsp3) is 0.00806. The molecule has 0 bridgehead atoms. The number of nitrogens with zero attached hydrogens (tertiary/aromatic N) is 9. The number of pyridine rings is 3. The van der Waals surface area contributed by atoms with E-state index in [-0.39, 0.29) is 0 Å². The van der Waals surface area contributed by atoms with E-state index in [1.54, 1.807) is 0 Å². The molecule has 0 spiro atoms. The third kappa shape index (κ3) is 12.7. The minimum Gasteiger partial charge on any atom is -0.242 e. The van der Waals surface area contributed by atoms with Crippen molar-refractivity contribution in [2.75, 3.05) is 0 Å². The van der Waals surface area contributed by atoms with E-state index in [1.165, 1.54) is 146 Å². The predicted octanol–water partition coefficient (Wildman–Crippen LogP) is 34.9. The molecule has 0 radical (unpaired) electrons. The summed E-state index contributed by atoms with van der Waals surface area (Å²) in [6.45, 7) is 2.11. The van der Waals surface area contributed by atoms with Crippen LogP contribution in [-0.2, 0) is 0 Å². The molecule has 13 heteroatoms. The zero-order valence-corrected chi connectivity index (χ0v) is 76.7. The van der Waals surface area contributed by atoms with Gasteiger partial charge in [0.25, 0.3) is 0 Å². The summed E-state index contributed by atoms with van der Waals surface area (Å²) in [5, 5.41) is 30.9. The van der Waals surface area contributed by atoms with Crippen molar-refractivity contribution in [2.24, 2.45) is 0 Å². The minimum atomic E-state index is 0.629. The van der Waals surface area contributed by atoms with Crippen LogP contribution in [0.3, 0.4) is 0 Å². The fourth-order valence-electron chi connectivity index (χ4n) is 21.1. The van der Waals surface area contributed by atoms with Crippen molar-refractivity contribution in [3.8, 4) is 79.5 Å². The molecule has 20 aromatic carbocycles. The second-order valence-electron chi connectivity index (χ2n) is 35.1. The Bertz CT molecular complexity index is 10400. The molecule has 30 aromatic rings. The number of aromatic nitrogens is 9. The van der Waals surface area contributed by atoms with Gasteiger partial charge in [-0.1, -0.05) is 357 Å². The third-order valence-corrected chi connectivity index (χ3v) is 31.9. The monoisotopic (exact) mass is 1810 g/mol. The lowest BCUT2D eigenvalue weighted by atomic mass is 9.95. The van der Waals surface area contributed by atoms with Crippen molar-refractivity contribution in [3.63, 3.8) is 0 Å². The van der Waals surface area contributed by atoms with Gasteiger partial charge in [-0.15, -0.1) is 45.3 Å². The van der Waals surface area contributed by atoms with Gasteiger partial charge in [0.15, 0.2) is 17.5 Å². The first-order valence-electron chi connectivity index (χ1n) is 46.0. The van der Waals surface area contributed by atoms with E-state index in [9.17, 15) is 0 Å². The molecule has 0 atom stereocenters. The van der Waals surface area contributed by atoms with Crippen LogP contribution in [0.25, 0.3) is 290 Å². The van der Waals surface area contributed by atoms with Crippen LogP contribution < -0.4 is 0 Å². The van der Waals surface area contributed by atoms with Crippen LogP contribution in [0.2, 0.25) is 0 Å². The summed E-state index contributed by atoms with van der Waals surface area (Å²) in [6.07, 6.45) is 0. The average Bonchev–Trinajstić information content (AvgIpc) is 1.63. The van der Waals surface area contributed by atoms with Gasteiger partial charge in [0.05, 0.1) is 64.3 Å². The zero-order chi connectivity index (χ0) is 90.0. The van der Waals surface area contributed by atoms with Crippen molar-refractivity contribution in [1.82, 2.24) is 44.9 Å². The standard InChI is InChI=1S/C43H23N3S2.C43H25N3S.C38H23N3S/c1-2-13-27-26(12-1)37-28-14-3-4-15-29(28)40(45-41(37)42-38(27)31-17-7-10-20-35(31)48-42)43-44-33-18-8-5-16-30(33)39(46-43)24-21-22-36-32(23-24)25-11-6-9-19-34(25)47-36;1-2-13-26(14-3-1)27-15-12-16-28(25-27)39-33-21-8-10-23-35(33)44-43(46-39)40-32-20-7-6-19-31(32)37-29-17-4-5-18-30(29)38-34-22-9-11-24-36(34)47-42(38)41(37)45-40;1-22-18-20-23(21-19-22)34-28-14-6-8-16-30(28)39-38(41-34)35-27-13-5-4-12-26(27)32-24-10-2-3-11-25(24)33-29-15-7-9-17-31(29)42-37(33)36(32)40-35/h1-23H;1-25H;2-21H,1H3. The highest BCUT2D eigenvalue weighted by atomic mass is 32.1. The van der Waals surface area contributed by atoms with Crippen LogP contribution in [0.5, 0.6) is 0 Å². The molecule has 0 N–H and O–H groups in total. The van der Waals surface area contributed by atoms with Gasteiger partial charge in [0.1, 0.15) is 17.1 Å². The van der Waals surface area contributed by atoms with E-state index in [4.69, 9.17) is 44.9 Å². The van der Waals surface area contributed by atoms with Crippen molar-refractivity contribution in [3.05, 3.63) is 418 Å². The van der Waals surface area contributed by atoms with Crippen LogP contribution in [-0.4, -0.2) is 44.9 Å². The number of hydrogen-bond donors (Lipinski definition) is 0. The molecule has 137 heavy (non-hydrogen) atoms. The molecule has 0 unspecified atom stereocenters. The van der Waals surface area contributed by atoms with Gasteiger partial charge in [-0.3, -0.25) is 0 Å². The Labute approximate surface area is 798 Å². The molecular weight excluding hydrogens is 1740 g/mol. The van der Waals surface area contributed by atoms with Gasteiger partial charge in [0.2, 0.25) is 0 Å². The molecule has 0 aliphatic heterocycles. The predicted molar refractivity (Wildman–Crippen MR) is 584 cm³/mol. The van der Waals surface area contributed by atoms with Crippen molar-refractivity contribution in [1.29, 1.82) is 0 Å². The van der Waals surface area contributed by atoms with Gasteiger partial charge >= 0.3 is 0 Å². The first-order chi connectivity index (χ1) is 67.9. The molecule has 30 rings (SSSR count). The highest BCUT2D eigenvalue weighted by Crippen LogP contribution is 2.52. The number of benzene rings is 20. The topological polar surface area (TPSA) is 116 Å². The Morgan fingerprint density at radius 1 is 0.153 bits per heavy atom. The number of fused-ring (bicyclic) bond motifs is 36. The Kier molecular flexibility index (Phi) is 18.2. The summed E-state index contributed by atoms with van der Waals surface area (Å²) >= 11 is 7.29. The maximum atomic E-state index is 5.56. The summed E-state index contributed by atoms with van der Waals surface area (Å²) in [7, 11) is 0. The maximum absolute atomic E-state index is 5.56. The molecular formula is C124H71N9S4. The number of thiophene rings is 4. The second kappa shape index (κ2) is 31.6. The van der Waals surface area contributed by atoms with Crippen LogP contribution in [0.4, 0.5) is 0 Å². The number of para-hydroxylation sites is 3. The fourth-order valence-corrected chi connectivity index (χ4v) is 25.8. The molecule has 10 heterocycles. The lowest BCUT2D eigenvalue weighted by Gasteiger charge is -2.14. The first kappa shape index (κ1) is 78.7. The van der Waals surface area contributed by atoms with Crippen LogP contribution in [0.1, 0.15) is 5.56 Å². The van der Waals surface area contributed by atoms with E-state index in [0.29, 0.717) is 17.5 Å². The van der Waals surface area contributed by atoms with Crippen LogP contribution in [0, 0.1) is 6.92 Å². The number of aryl methyl sites for hydroxylation is 1. The Hall–Kier alpha value is -16.9. The van der Waals surface area contributed by atoms with Crippen LogP contribution >= 0.6 is 45.3 Å². The molecule has 0 fully saturated rings. The van der Waals surface area contributed by atoms with Gasteiger partial charge < -0.3 is 0 Å². The van der Waals surface area contributed by atoms with Crippen molar-refractivity contribution < 1.29 is 0 Å². The Balaban J connectivity index is 0.000000102. The van der Waals surface area contributed by atoms with E-state index in [1.807, 2.05) is 63.5 Å². The van der Waals surface area contributed by atoms with E-state index in [0.717, 1.165) is 133 Å². The minimum absolute atomic E-state index is 0.629. The summed E-state index contributed by atoms with van der Waals surface area (Å²) in [4.78, 5) is 48.1. The summed E-state index contributed by atoms with van der Waals surface area (Å²) < 4.78 is 9.98. The Morgan fingerprint density at radius 2 is 0.423 bits per heavy atom. The molecule has 0 aliphatic carbocycles. The van der Waals surface area contributed by atoms with Gasteiger partial charge in [-0.05, 0) is 127 Å².